The van der Waals surface area contributed by atoms with Crippen LogP contribution in [0.4, 0.5) is 0 Å². The summed E-state index contributed by atoms with van der Waals surface area (Å²) < 4.78 is 0.659. The Balaban J connectivity index is 3.09. The van der Waals surface area contributed by atoms with Gasteiger partial charge in [-0.3, -0.25) is 4.79 Å². The lowest BCUT2D eigenvalue weighted by Crippen LogP contribution is -2.10. The molecule has 0 bridgehead atoms. The van der Waals surface area contributed by atoms with Crippen molar-refractivity contribution in [2.75, 3.05) is 0 Å². The summed E-state index contributed by atoms with van der Waals surface area (Å²) in [6, 6.07) is 7.78. The normalized spacial score (nSPS) is 9.40. The van der Waals surface area contributed by atoms with Crippen molar-refractivity contribution in [2.24, 2.45) is 5.92 Å². The topological polar surface area (TPSA) is 64.7 Å². The molecule has 0 amide bonds. The Bertz CT molecular complexity index is 473. The molecular weight excluding hydrogens is 279 g/mol. The van der Waals surface area contributed by atoms with Gasteiger partial charge in [0.05, 0.1) is 17.2 Å². The van der Waals surface area contributed by atoms with Crippen molar-refractivity contribution in [3.05, 3.63) is 33.3 Å². The van der Waals surface area contributed by atoms with Crippen LogP contribution in [-0.2, 0) is 0 Å². The van der Waals surface area contributed by atoms with Gasteiger partial charge in [0.2, 0.25) is 0 Å². The maximum Gasteiger partial charge on any atom is 0.195 e. The molecule has 0 aliphatic heterocycles. The van der Waals surface area contributed by atoms with E-state index in [1.165, 1.54) is 12.1 Å². The van der Waals surface area contributed by atoms with E-state index in [1.54, 1.807) is 18.2 Å². The minimum atomic E-state index is -1.28. The highest BCUT2D eigenvalue weighted by Gasteiger charge is 2.19. The van der Waals surface area contributed by atoms with Gasteiger partial charge in [-0.25, -0.2) is 0 Å². The van der Waals surface area contributed by atoms with E-state index in [0.29, 0.717) is 9.50 Å². The molecule has 3 nitrogen and oxygen atoms in total. The van der Waals surface area contributed by atoms with Crippen LogP contribution in [0, 0.1) is 28.6 Å². The standard InChI is InChI=1S/C10H4BrClN2O/c11-8-2-1-6(3-9(8)12)10(15)7(4-13)5-14/h1-3,7H. The van der Waals surface area contributed by atoms with Crippen molar-refractivity contribution in [3.63, 3.8) is 0 Å². The number of hydrogen-bond donors (Lipinski definition) is 0. The number of nitriles is 2. The van der Waals surface area contributed by atoms with Gasteiger partial charge in [0.15, 0.2) is 11.7 Å². The van der Waals surface area contributed by atoms with Crippen LogP contribution in [0.5, 0.6) is 0 Å². The third-order valence-corrected chi connectivity index (χ3v) is 2.96. The summed E-state index contributed by atoms with van der Waals surface area (Å²) >= 11 is 8.96. The maximum absolute atomic E-state index is 11.6. The molecule has 0 atom stereocenters. The Morgan fingerprint density at radius 1 is 1.40 bits per heavy atom. The monoisotopic (exact) mass is 282 g/mol. The van der Waals surface area contributed by atoms with Crippen molar-refractivity contribution < 1.29 is 4.79 Å². The van der Waals surface area contributed by atoms with Crippen LogP contribution in [0.1, 0.15) is 10.4 Å². The molecule has 0 radical (unpaired) electrons. The first-order chi connectivity index (χ1) is 7.10. The van der Waals surface area contributed by atoms with E-state index < -0.39 is 11.7 Å². The summed E-state index contributed by atoms with van der Waals surface area (Å²) in [5, 5.41) is 17.5. The van der Waals surface area contributed by atoms with Gasteiger partial charge < -0.3 is 0 Å². The number of rotatable bonds is 2. The van der Waals surface area contributed by atoms with Crippen molar-refractivity contribution >= 4 is 33.3 Å². The molecule has 0 aromatic heterocycles. The van der Waals surface area contributed by atoms with E-state index in [0.717, 1.165) is 0 Å². The molecular formula is C10H4BrClN2O. The van der Waals surface area contributed by atoms with Crippen LogP contribution in [0.3, 0.4) is 0 Å². The fraction of sp³-hybridized carbons (Fsp3) is 0.100. The predicted octanol–water partition coefficient (Wildman–Crippen LogP) is 2.95. The Morgan fingerprint density at radius 2 is 2.00 bits per heavy atom. The molecule has 0 fully saturated rings. The molecule has 74 valence electrons. The minimum Gasteiger partial charge on any atom is -0.291 e. The molecule has 0 saturated carbocycles. The quantitative estimate of drug-likeness (QED) is 0.784. The zero-order valence-corrected chi connectivity index (χ0v) is 9.71. The summed E-state index contributed by atoms with van der Waals surface area (Å²) in [7, 11) is 0. The second-order valence-electron chi connectivity index (χ2n) is 2.68. The fourth-order valence-corrected chi connectivity index (χ4v) is 1.39. The number of hydrogen-bond acceptors (Lipinski definition) is 3. The average molecular weight is 284 g/mol. The molecule has 1 rings (SSSR count). The van der Waals surface area contributed by atoms with E-state index in [2.05, 4.69) is 15.9 Å². The Labute approximate surface area is 100 Å². The summed E-state index contributed by atoms with van der Waals surface area (Å²) in [5.74, 6) is -1.81. The number of ketones is 1. The number of carbonyl (C=O) groups is 1. The molecule has 0 unspecified atom stereocenters. The van der Waals surface area contributed by atoms with Gasteiger partial charge in [0, 0.05) is 10.0 Å². The third-order valence-electron chi connectivity index (χ3n) is 1.72. The zero-order chi connectivity index (χ0) is 11.4. The van der Waals surface area contributed by atoms with E-state index >= 15 is 0 Å². The lowest BCUT2D eigenvalue weighted by atomic mass is 10.0. The first-order valence-electron chi connectivity index (χ1n) is 3.88. The highest BCUT2D eigenvalue weighted by Crippen LogP contribution is 2.24. The summed E-state index contributed by atoms with van der Waals surface area (Å²) in [4.78, 5) is 11.6. The molecule has 1 aromatic carbocycles. The van der Waals surface area contributed by atoms with E-state index in [4.69, 9.17) is 22.1 Å². The number of nitrogens with zero attached hydrogens (tertiary/aromatic N) is 2. The Kier molecular flexibility index (Phi) is 3.85. The molecule has 5 heteroatoms. The second-order valence-corrected chi connectivity index (χ2v) is 3.95. The molecule has 0 saturated heterocycles. The van der Waals surface area contributed by atoms with Gasteiger partial charge in [-0.15, -0.1) is 0 Å². The van der Waals surface area contributed by atoms with Crippen LogP contribution in [-0.4, -0.2) is 5.78 Å². The third kappa shape index (κ3) is 2.56. The van der Waals surface area contributed by atoms with Crippen molar-refractivity contribution in [1.82, 2.24) is 0 Å². The summed E-state index contributed by atoms with van der Waals surface area (Å²) in [6.07, 6.45) is 0. The minimum absolute atomic E-state index is 0.260. The maximum atomic E-state index is 11.6. The lowest BCUT2D eigenvalue weighted by molar-refractivity contribution is 0.0971. The highest BCUT2D eigenvalue weighted by atomic mass is 79.9. The molecule has 0 aliphatic rings. The summed E-state index contributed by atoms with van der Waals surface area (Å²) in [5.41, 5.74) is 0.260. The fourth-order valence-electron chi connectivity index (χ4n) is 0.962. The molecule has 0 heterocycles. The van der Waals surface area contributed by atoms with Crippen LogP contribution in [0.25, 0.3) is 0 Å². The van der Waals surface area contributed by atoms with Crippen molar-refractivity contribution in [1.29, 1.82) is 10.5 Å². The van der Waals surface area contributed by atoms with Gasteiger partial charge in [-0.05, 0) is 28.1 Å². The van der Waals surface area contributed by atoms with Gasteiger partial charge in [0.1, 0.15) is 0 Å². The summed E-state index contributed by atoms with van der Waals surface area (Å²) in [6.45, 7) is 0. The predicted molar refractivity (Wildman–Crippen MR) is 58.2 cm³/mol. The Morgan fingerprint density at radius 3 is 2.47 bits per heavy atom. The molecule has 15 heavy (non-hydrogen) atoms. The Hall–Kier alpha value is -1.36. The SMILES string of the molecule is N#CC(C#N)C(=O)c1ccc(Br)c(Cl)c1. The largest absolute Gasteiger partial charge is 0.291 e. The highest BCUT2D eigenvalue weighted by molar-refractivity contribution is 9.10. The number of benzene rings is 1. The van der Waals surface area contributed by atoms with E-state index in [9.17, 15) is 4.79 Å². The zero-order valence-electron chi connectivity index (χ0n) is 7.37. The van der Waals surface area contributed by atoms with E-state index in [1.807, 2.05) is 0 Å². The second kappa shape index (κ2) is 4.93. The van der Waals surface area contributed by atoms with Crippen LogP contribution in [0.15, 0.2) is 22.7 Å². The molecule has 0 N–H and O–H groups in total. The van der Waals surface area contributed by atoms with Crippen LogP contribution < -0.4 is 0 Å². The average Bonchev–Trinajstić information content (AvgIpc) is 2.23. The molecule has 1 aromatic rings. The van der Waals surface area contributed by atoms with Crippen molar-refractivity contribution in [3.8, 4) is 12.1 Å². The van der Waals surface area contributed by atoms with Crippen LogP contribution in [0.2, 0.25) is 5.02 Å². The molecule has 0 spiro atoms. The van der Waals surface area contributed by atoms with Crippen LogP contribution >= 0.6 is 27.5 Å². The molecule has 0 aliphatic carbocycles. The first-order valence-corrected chi connectivity index (χ1v) is 5.05. The number of Topliss-reactive ketones (excluding diaryl/α,β-unsaturated/α-hetero) is 1. The first kappa shape index (κ1) is 11.7. The van der Waals surface area contributed by atoms with Gasteiger partial charge in [-0.2, -0.15) is 10.5 Å². The lowest BCUT2D eigenvalue weighted by Gasteiger charge is -2.02. The van der Waals surface area contributed by atoms with E-state index in [-0.39, 0.29) is 5.56 Å². The van der Waals surface area contributed by atoms with Gasteiger partial charge in [0.25, 0.3) is 0 Å². The van der Waals surface area contributed by atoms with Gasteiger partial charge >= 0.3 is 0 Å². The van der Waals surface area contributed by atoms with Crippen molar-refractivity contribution in [2.45, 2.75) is 0 Å². The van der Waals surface area contributed by atoms with Gasteiger partial charge in [-0.1, -0.05) is 17.7 Å². The smallest absolute Gasteiger partial charge is 0.195 e. The number of carbonyl (C=O) groups excluding carboxylic acids is 1. The number of halogens is 2.